The molecule has 0 aliphatic heterocycles. The summed E-state index contributed by atoms with van der Waals surface area (Å²) in [6.45, 7) is -1.81. The van der Waals surface area contributed by atoms with Gasteiger partial charge in [0.05, 0.1) is 0 Å². The van der Waals surface area contributed by atoms with Crippen LogP contribution in [0.15, 0.2) is 42.5 Å². The van der Waals surface area contributed by atoms with Crippen molar-refractivity contribution in [1.82, 2.24) is 5.32 Å². The summed E-state index contributed by atoms with van der Waals surface area (Å²) in [4.78, 5) is 11.3. The molecule has 3 nitrogen and oxygen atoms in total. The maximum atomic E-state index is 11.9. The van der Waals surface area contributed by atoms with Crippen molar-refractivity contribution in [3.05, 3.63) is 42.5 Å². The van der Waals surface area contributed by atoms with Crippen molar-refractivity contribution in [2.24, 2.45) is 0 Å². The van der Waals surface area contributed by atoms with Gasteiger partial charge in [0.25, 0.3) is 5.91 Å². The van der Waals surface area contributed by atoms with E-state index in [1.165, 1.54) is 0 Å². The van der Waals surface area contributed by atoms with Crippen molar-refractivity contribution < 1.29 is 22.7 Å². The highest BCUT2D eigenvalue weighted by Gasteiger charge is 2.27. The monoisotopic (exact) mass is 283 g/mol. The van der Waals surface area contributed by atoms with Crippen LogP contribution in [-0.4, -0.2) is 25.2 Å². The first-order chi connectivity index (χ1) is 9.46. The molecule has 0 bridgehead atoms. The number of benzene rings is 2. The van der Waals surface area contributed by atoms with Gasteiger partial charge in [-0.15, -0.1) is 0 Å². The Bertz CT molecular complexity index is 605. The van der Waals surface area contributed by atoms with Crippen molar-refractivity contribution in [2.45, 2.75) is 6.18 Å². The van der Waals surface area contributed by atoms with Crippen LogP contribution in [0.25, 0.3) is 10.8 Å². The molecule has 0 fully saturated rings. The van der Waals surface area contributed by atoms with Gasteiger partial charge in [-0.05, 0) is 11.5 Å². The molecule has 1 amide bonds. The number of ether oxygens (including phenoxy) is 1. The summed E-state index contributed by atoms with van der Waals surface area (Å²) >= 11 is 0. The van der Waals surface area contributed by atoms with Gasteiger partial charge in [-0.25, -0.2) is 0 Å². The highest BCUT2D eigenvalue weighted by molar-refractivity contribution is 5.88. The number of nitrogens with one attached hydrogen (secondary N) is 1. The molecule has 2 aromatic carbocycles. The summed E-state index contributed by atoms with van der Waals surface area (Å²) in [6.07, 6.45) is -4.42. The summed E-state index contributed by atoms with van der Waals surface area (Å²) < 4.78 is 41.1. The van der Waals surface area contributed by atoms with E-state index in [0.717, 1.165) is 10.8 Å². The van der Waals surface area contributed by atoms with E-state index in [2.05, 4.69) is 0 Å². The Balaban J connectivity index is 1.98. The number of alkyl halides is 3. The van der Waals surface area contributed by atoms with Crippen molar-refractivity contribution in [3.63, 3.8) is 0 Å². The molecule has 0 unspecified atom stereocenters. The normalized spacial score (nSPS) is 11.3. The standard InChI is InChI=1S/C14H12F3NO2/c15-14(16,17)9-18-13(19)8-20-12-7-3-5-10-4-1-2-6-11(10)12/h1-7H,8-9H2,(H,18,19). The molecule has 2 aromatic rings. The van der Waals surface area contributed by atoms with Crippen LogP contribution >= 0.6 is 0 Å². The van der Waals surface area contributed by atoms with Crippen molar-refractivity contribution >= 4 is 16.7 Å². The minimum atomic E-state index is -4.42. The van der Waals surface area contributed by atoms with Crippen LogP contribution in [0.2, 0.25) is 0 Å². The SMILES string of the molecule is O=C(COc1cccc2ccccc12)NCC(F)(F)F. The van der Waals surface area contributed by atoms with E-state index in [4.69, 9.17) is 4.74 Å². The molecule has 0 saturated carbocycles. The molecule has 106 valence electrons. The van der Waals surface area contributed by atoms with Crippen LogP contribution in [0.5, 0.6) is 5.75 Å². The van der Waals surface area contributed by atoms with Crippen LogP contribution in [0.4, 0.5) is 13.2 Å². The Morgan fingerprint density at radius 1 is 1.10 bits per heavy atom. The zero-order chi connectivity index (χ0) is 14.6. The third-order valence-corrected chi connectivity index (χ3v) is 2.59. The smallest absolute Gasteiger partial charge is 0.405 e. The summed E-state index contributed by atoms with van der Waals surface area (Å²) in [5, 5.41) is 3.49. The maximum Gasteiger partial charge on any atom is 0.405 e. The van der Waals surface area contributed by atoms with E-state index in [-0.39, 0.29) is 0 Å². The van der Waals surface area contributed by atoms with E-state index >= 15 is 0 Å². The zero-order valence-corrected chi connectivity index (χ0v) is 10.4. The minimum Gasteiger partial charge on any atom is -0.483 e. The van der Waals surface area contributed by atoms with Gasteiger partial charge in [-0.1, -0.05) is 36.4 Å². The van der Waals surface area contributed by atoms with Gasteiger partial charge in [0.15, 0.2) is 6.61 Å². The van der Waals surface area contributed by atoms with Gasteiger partial charge in [0.1, 0.15) is 12.3 Å². The van der Waals surface area contributed by atoms with Gasteiger partial charge >= 0.3 is 6.18 Å². The van der Waals surface area contributed by atoms with Crippen molar-refractivity contribution in [2.75, 3.05) is 13.2 Å². The number of fused-ring (bicyclic) bond motifs is 1. The van der Waals surface area contributed by atoms with Crippen molar-refractivity contribution in [3.8, 4) is 5.75 Å². The highest BCUT2D eigenvalue weighted by Crippen LogP contribution is 2.24. The Kier molecular flexibility index (Phi) is 4.12. The van der Waals surface area contributed by atoms with E-state index < -0.39 is 25.2 Å². The number of halogens is 3. The topological polar surface area (TPSA) is 38.3 Å². The first-order valence-corrected chi connectivity index (χ1v) is 5.90. The second kappa shape index (κ2) is 5.81. The average Bonchev–Trinajstić information content (AvgIpc) is 2.42. The molecule has 1 N–H and O–H groups in total. The molecule has 0 aliphatic rings. The Labute approximate surface area is 113 Å². The molecule has 0 radical (unpaired) electrons. The summed E-state index contributed by atoms with van der Waals surface area (Å²) in [7, 11) is 0. The maximum absolute atomic E-state index is 11.9. The first kappa shape index (κ1) is 14.2. The number of rotatable bonds is 4. The Morgan fingerprint density at radius 3 is 2.55 bits per heavy atom. The fourth-order valence-electron chi connectivity index (χ4n) is 1.71. The van der Waals surface area contributed by atoms with Crippen LogP contribution in [0, 0.1) is 0 Å². The molecular formula is C14H12F3NO2. The molecule has 0 aromatic heterocycles. The molecule has 2 rings (SSSR count). The van der Waals surface area contributed by atoms with Crippen LogP contribution < -0.4 is 10.1 Å². The molecular weight excluding hydrogens is 271 g/mol. The number of carbonyl (C=O) groups excluding carboxylic acids is 1. The largest absolute Gasteiger partial charge is 0.483 e. The second-order valence-corrected chi connectivity index (χ2v) is 4.16. The molecule has 0 heterocycles. The average molecular weight is 283 g/mol. The van der Waals surface area contributed by atoms with E-state index in [1.807, 2.05) is 30.3 Å². The predicted octanol–water partition coefficient (Wildman–Crippen LogP) is 2.90. The Hall–Kier alpha value is -2.24. The van der Waals surface area contributed by atoms with E-state index in [0.29, 0.717) is 5.75 Å². The number of hydrogen-bond acceptors (Lipinski definition) is 2. The van der Waals surface area contributed by atoms with Crippen LogP contribution in [-0.2, 0) is 4.79 Å². The third-order valence-electron chi connectivity index (χ3n) is 2.59. The third kappa shape index (κ3) is 3.88. The van der Waals surface area contributed by atoms with Gasteiger partial charge < -0.3 is 10.1 Å². The lowest BCUT2D eigenvalue weighted by Gasteiger charge is -2.11. The van der Waals surface area contributed by atoms with Crippen LogP contribution in [0.1, 0.15) is 0 Å². The second-order valence-electron chi connectivity index (χ2n) is 4.16. The first-order valence-electron chi connectivity index (χ1n) is 5.90. The lowest BCUT2D eigenvalue weighted by Crippen LogP contribution is -2.36. The molecule has 0 spiro atoms. The van der Waals surface area contributed by atoms with Crippen molar-refractivity contribution in [1.29, 1.82) is 0 Å². The highest BCUT2D eigenvalue weighted by atomic mass is 19.4. The van der Waals surface area contributed by atoms with Crippen LogP contribution in [0.3, 0.4) is 0 Å². The molecule has 0 atom stereocenters. The fraction of sp³-hybridized carbons (Fsp3) is 0.214. The summed E-state index contributed by atoms with van der Waals surface area (Å²) in [5.74, 6) is -0.347. The molecule has 6 heteroatoms. The van der Waals surface area contributed by atoms with Gasteiger partial charge in [0.2, 0.25) is 0 Å². The zero-order valence-electron chi connectivity index (χ0n) is 10.4. The minimum absolute atomic E-state index is 0.454. The van der Waals surface area contributed by atoms with Gasteiger partial charge in [0, 0.05) is 5.39 Å². The summed E-state index contributed by atoms with van der Waals surface area (Å²) in [5.41, 5.74) is 0. The number of hydrogen-bond donors (Lipinski definition) is 1. The lowest BCUT2D eigenvalue weighted by molar-refractivity contribution is -0.139. The predicted molar refractivity (Wildman–Crippen MR) is 68.5 cm³/mol. The van der Waals surface area contributed by atoms with Gasteiger partial charge in [-0.3, -0.25) is 4.79 Å². The molecule has 20 heavy (non-hydrogen) atoms. The van der Waals surface area contributed by atoms with Gasteiger partial charge in [-0.2, -0.15) is 13.2 Å². The molecule has 0 saturated heterocycles. The Morgan fingerprint density at radius 2 is 1.80 bits per heavy atom. The molecule has 0 aliphatic carbocycles. The fourth-order valence-corrected chi connectivity index (χ4v) is 1.71. The quantitative estimate of drug-likeness (QED) is 0.937. The van der Waals surface area contributed by atoms with E-state index in [1.54, 1.807) is 17.4 Å². The number of carbonyl (C=O) groups is 1. The summed E-state index contributed by atoms with van der Waals surface area (Å²) in [6, 6.07) is 12.7. The number of amides is 1. The van der Waals surface area contributed by atoms with E-state index in [9.17, 15) is 18.0 Å². The lowest BCUT2D eigenvalue weighted by atomic mass is 10.1.